The minimum atomic E-state index is -1.06. The van der Waals surface area contributed by atoms with Crippen LogP contribution in [0.4, 0.5) is 13.2 Å². The van der Waals surface area contributed by atoms with Gasteiger partial charge in [-0.05, 0) is 54.7 Å². The predicted molar refractivity (Wildman–Crippen MR) is 163 cm³/mol. The fourth-order valence-electron chi connectivity index (χ4n) is 3.87. The van der Waals surface area contributed by atoms with Crippen LogP contribution < -0.4 is 10.5 Å². The van der Waals surface area contributed by atoms with Crippen LogP contribution in [0.3, 0.4) is 0 Å². The molecule has 0 spiro atoms. The van der Waals surface area contributed by atoms with Gasteiger partial charge in [-0.2, -0.15) is 4.39 Å². The summed E-state index contributed by atoms with van der Waals surface area (Å²) in [6.45, 7) is 11.1. The van der Waals surface area contributed by atoms with Gasteiger partial charge < -0.3 is 10.5 Å². The molecule has 2 N–H and O–H groups in total. The Labute approximate surface area is 236 Å². The fourth-order valence-corrected chi connectivity index (χ4v) is 3.87. The lowest BCUT2D eigenvalue weighted by atomic mass is 9.99. The number of rotatable bonds is 16. The zero-order valence-electron chi connectivity index (χ0n) is 23.4. The Morgan fingerprint density at radius 3 is 2.40 bits per heavy atom. The molecule has 2 aromatic carbocycles. The van der Waals surface area contributed by atoms with Crippen LogP contribution >= 0.6 is 0 Å². The second kappa shape index (κ2) is 17.5. The summed E-state index contributed by atoms with van der Waals surface area (Å²) in [6, 6.07) is 9.59. The van der Waals surface area contributed by atoms with Gasteiger partial charge in [-0.15, -0.1) is 0 Å². The number of unbranched alkanes of at least 4 members (excludes halogenated alkanes) is 4. The number of hydrogen-bond acceptors (Lipinski definition) is 3. The molecule has 40 heavy (non-hydrogen) atoms. The lowest BCUT2D eigenvalue weighted by molar-refractivity contribution is 0.333. The van der Waals surface area contributed by atoms with Gasteiger partial charge in [-0.1, -0.05) is 94.3 Å². The summed E-state index contributed by atoms with van der Waals surface area (Å²) in [7, 11) is 0. The molecule has 3 nitrogen and oxygen atoms in total. The third kappa shape index (κ3) is 10.6. The van der Waals surface area contributed by atoms with E-state index in [2.05, 4.69) is 25.1 Å². The number of allylic oxidation sites excluding steroid dienone is 8. The molecule has 0 atom stereocenters. The number of aliphatic imine (C=N–C) groups is 1. The van der Waals surface area contributed by atoms with E-state index in [1.165, 1.54) is 63.1 Å². The van der Waals surface area contributed by atoms with Crippen LogP contribution in [0.15, 0.2) is 108 Å². The van der Waals surface area contributed by atoms with E-state index in [-0.39, 0.29) is 23.7 Å². The lowest BCUT2D eigenvalue weighted by Gasteiger charge is -2.10. The summed E-state index contributed by atoms with van der Waals surface area (Å²) in [4.78, 5) is 4.41. The molecule has 2 aromatic rings. The van der Waals surface area contributed by atoms with Crippen molar-refractivity contribution in [3.8, 4) is 16.9 Å². The van der Waals surface area contributed by atoms with Crippen molar-refractivity contribution in [3.05, 3.63) is 120 Å². The van der Waals surface area contributed by atoms with Crippen LogP contribution in [-0.4, -0.2) is 12.8 Å². The van der Waals surface area contributed by atoms with Crippen molar-refractivity contribution in [3.63, 3.8) is 0 Å². The van der Waals surface area contributed by atoms with E-state index in [9.17, 15) is 13.2 Å². The summed E-state index contributed by atoms with van der Waals surface area (Å²) < 4.78 is 48.1. The molecule has 0 saturated carbocycles. The molecule has 0 aliphatic rings. The average Bonchev–Trinajstić information content (AvgIpc) is 2.95. The maximum atomic E-state index is 14.7. The molecule has 212 valence electrons. The SMILES string of the molecule is C=CCOc1ccc(-c2ccc(C(/C=C(\C)F)=C/C=C/C(C=NC(=C)CCCCCCC)=C/N)cc2)c(F)c1F. The van der Waals surface area contributed by atoms with Crippen molar-refractivity contribution in [1.82, 2.24) is 0 Å². The van der Waals surface area contributed by atoms with Crippen LogP contribution in [0.2, 0.25) is 0 Å². The summed E-state index contributed by atoms with van der Waals surface area (Å²) in [6.07, 6.45) is 17.9. The second-order valence-corrected chi connectivity index (χ2v) is 9.28. The van der Waals surface area contributed by atoms with E-state index in [0.717, 1.165) is 18.5 Å². The maximum absolute atomic E-state index is 14.7. The van der Waals surface area contributed by atoms with E-state index < -0.39 is 11.6 Å². The van der Waals surface area contributed by atoms with E-state index in [1.807, 2.05) is 0 Å². The Bertz CT molecular complexity index is 1280. The van der Waals surface area contributed by atoms with Gasteiger partial charge in [0.15, 0.2) is 11.6 Å². The first-order valence-electron chi connectivity index (χ1n) is 13.5. The van der Waals surface area contributed by atoms with Crippen molar-refractivity contribution < 1.29 is 17.9 Å². The Kier molecular flexibility index (Phi) is 14.1. The van der Waals surface area contributed by atoms with Gasteiger partial charge >= 0.3 is 0 Å². The summed E-state index contributed by atoms with van der Waals surface area (Å²) in [5.74, 6) is -2.62. The highest BCUT2D eigenvalue weighted by Gasteiger charge is 2.15. The van der Waals surface area contributed by atoms with Crippen LogP contribution in [0.25, 0.3) is 16.7 Å². The predicted octanol–water partition coefficient (Wildman–Crippen LogP) is 9.80. The first kappa shape index (κ1) is 32.2. The van der Waals surface area contributed by atoms with E-state index in [0.29, 0.717) is 22.3 Å². The minimum Gasteiger partial charge on any atom is -0.486 e. The Morgan fingerprint density at radius 2 is 1.75 bits per heavy atom. The number of nitrogens with two attached hydrogens (primary N) is 1. The molecule has 0 aromatic heterocycles. The van der Waals surface area contributed by atoms with Crippen LogP contribution in [0.1, 0.15) is 57.9 Å². The van der Waals surface area contributed by atoms with Gasteiger partial charge in [0.25, 0.3) is 0 Å². The number of nitrogens with zero attached hydrogens (tertiary/aromatic N) is 1. The van der Waals surface area contributed by atoms with Gasteiger partial charge in [0, 0.05) is 29.2 Å². The zero-order valence-corrected chi connectivity index (χ0v) is 23.4. The molecule has 2 rings (SSSR count). The van der Waals surface area contributed by atoms with E-state index in [1.54, 1.807) is 48.7 Å². The highest BCUT2D eigenvalue weighted by Crippen LogP contribution is 2.31. The van der Waals surface area contributed by atoms with Crippen molar-refractivity contribution in [1.29, 1.82) is 0 Å². The van der Waals surface area contributed by atoms with Crippen molar-refractivity contribution in [2.75, 3.05) is 6.61 Å². The number of hydrogen-bond donors (Lipinski definition) is 1. The summed E-state index contributed by atoms with van der Waals surface area (Å²) >= 11 is 0. The molecule has 0 radical (unpaired) electrons. The largest absolute Gasteiger partial charge is 0.486 e. The smallest absolute Gasteiger partial charge is 0.201 e. The average molecular weight is 549 g/mol. The van der Waals surface area contributed by atoms with Crippen molar-refractivity contribution in [2.24, 2.45) is 10.7 Å². The molecule has 0 bridgehead atoms. The molecular formula is C34H39F3N2O. The zero-order chi connectivity index (χ0) is 29.3. The number of ether oxygens (including phenoxy) is 1. The Hall–Kier alpha value is -4.06. The first-order chi connectivity index (χ1) is 19.3. The molecule has 6 heteroatoms. The fraction of sp³-hybridized carbons (Fsp3) is 0.265. The quantitative estimate of drug-likeness (QED) is 0.0982. The standard InChI is InChI=1S/C34H39F3N2O/c1-5-7-8-9-10-12-26(4)39-24-27(23-38)13-11-14-30(22-25(3)35)28-15-17-29(18-16-28)31-19-20-32(40-21-6-2)34(37)33(31)36/h6,11,13-20,22-24H,2,4-5,7-10,12,21,38H2,1,3H3/b13-11+,25-22+,27-23-,30-14+,39-24?. The lowest BCUT2D eigenvalue weighted by Crippen LogP contribution is -1.99. The van der Waals surface area contributed by atoms with Crippen LogP contribution in [-0.2, 0) is 0 Å². The third-order valence-corrected chi connectivity index (χ3v) is 6.01. The molecule has 0 fully saturated rings. The molecule has 0 aliphatic heterocycles. The highest BCUT2D eigenvalue weighted by atomic mass is 19.2. The third-order valence-electron chi connectivity index (χ3n) is 6.01. The summed E-state index contributed by atoms with van der Waals surface area (Å²) in [5.41, 5.74) is 9.08. The van der Waals surface area contributed by atoms with Crippen molar-refractivity contribution >= 4 is 11.8 Å². The topological polar surface area (TPSA) is 47.6 Å². The van der Waals surface area contributed by atoms with Crippen LogP contribution in [0, 0.1) is 11.6 Å². The Morgan fingerprint density at radius 1 is 1.02 bits per heavy atom. The molecule has 0 heterocycles. The number of benzene rings is 2. The van der Waals surface area contributed by atoms with E-state index in [4.69, 9.17) is 10.5 Å². The molecular weight excluding hydrogens is 509 g/mol. The van der Waals surface area contributed by atoms with Gasteiger partial charge in [0.2, 0.25) is 5.82 Å². The normalized spacial score (nSPS) is 12.9. The second-order valence-electron chi connectivity index (χ2n) is 9.28. The first-order valence-corrected chi connectivity index (χ1v) is 13.5. The van der Waals surface area contributed by atoms with Gasteiger partial charge in [-0.3, -0.25) is 4.99 Å². The maximum Gasteiger partial charge on any atom is 0.201 e. The molecule has 0 unspecified atom stereocenters. The Balaban J connectivity index is 2.17. The molecule has 0 amide bonds. The van der Waals surface area contributed by atoms with Gasteiger partial charge in [0.1, 0.15) is 6.61 Å². The van der Waals surface area contributed by atoms with Crippen molar-refractivity contribution in [2.45, 2.75) is 52.4 Å². The summed E-state index contributed by atoms with van der Waals surface area (Å²) in [5, 5.41) is 0. The van der Waals surface area contributed by atoms with Gasteiger partial charge in [0.05, 0.1) is 5.83 Å². The highest BCUT2D eigenvalue weighted by molar-refractivity contribution is 5.83. The molecule has 0 saturated heterocycles. The minimum absolute atomic E-state index is 0.0688. The van der Waals surface area contributed by atoms with Gasteiger partial charge in [-0.25, -0.2) is 8.78 Å². The monoisotopic (exact) mass is 548 g/mol. The van der Waals surface area contributed by atoms with Crippen LogP contribution in [0.5, 0.6) is 5.75 Å². The molecule has 0 aliphatic carbocycles. The van der Waals surface area contributed by atoms with E-state index >= 15 is 0 Å². The number of halogens is 3.